The highest BCUT2D eigenvalue weighted by Crippen LogP contribution is 2.29. The van der Waals surface area contributed by atoms with Crippen LogP contribution in [0.2, 0.25) is 0 Å². The molecule has 0 unspecified atom stereocenters. The minimum atomic E-state index is -0.274. The Morgan fingerprint density at radius 3 is 2.56 bits per heavy atom. The van der Waals surface area contributed by atoms with Gasteiger partial charge >= 0.3 is 0 Å². The van der Waals surface area contributed by atoms with Crippen LogP contribution in [0, 0.1) is 0 Å². The summed E-state index contributed by atoms with van der Waals surface area (Å²) >= 11 is 0. The molecule has 1 amide bonds. The summed E-state index contributed by atoms with van der Waals surface area (Å²) < 4.78 is 10.4. The van der Waals surface area contributed by atoms with Gasteiger partial charge in [0.05, 0.1) is 14.2 Å². The van der Waals surface area contributed by atoms with Crippen LogP contribution in [0.3, 0.4) is 0 Å². The van der Waals surface area contributed by atoms with E-state index in [0.29, 0.717) is 22.9 Å². The Morgan fingerprint density at radius 1 is 1.04 bits per heavy atom. The van der Waals surface area contributed by atoms with Crippen molar-refractivity contribution in [2.24, 2.45) is 0 Å². The Labute approximate surface area is 148 Å². The third kappa shape index (κ3) is 5.38. The first-order valence-corrected chi connectivity index (χ1v) is 8.41. The van der Waals surface area contributed by atoms with Crippen LogP contribution in [0.4, 0.5) is 11.4 Å². The van der Waals surface area contributed by atoms with Crippen molar-refractivity contribution in [3.63, 3.8) is 0 Å². The minimum Gasteiger partial charge on any atom is -0.493 e. The zero-order valence-electron chi connectivity index (χ0n) is 15.0. The number of amides is 1. The first-order valence-electron chi connectivity index (χ1n) is 8.41. The molecule has 0 bridgehead atoms. The predicted molar refractivity (Wildman–Crippen MR) is 99.8 cm³/mol. The normalized spacial score (nSPS) is 10.2. The van der Waals surface area contributed by atoms with Crippen LogP contribution in [0.15, 0.2) is 36.5 Å². The topological polar surface area (TPSA) is 72.5 Å². The zero-order chi connectivity index (χ0) is 18.1. The molecule has 0 fully saturated rings. The Kier molecular flexibility index (Phi) is 7.07. The second-order valence-corrected chi connectivity index (χ2v) is 5.59. The summed E-state index contributed by atoms with van der Waals surface area (Å²) in [5, 5.41) is 6.14. The van der Waals surface area contributed by atoms with Crippen LogP contribution in [0.25, 0.3) is 0 Å². The summed E-state index contributed by atoms with van der Waals surface area (Å²) in [4.78, 5) is 16.6. The van der Waals surface area contributed by atoms with Crippen LogP contribution in [0.1, 0.15) is 36.7 Å². The Bertz CT molecular complexity index is 704. The lowest BCUT2D eigenvalue weighted by atomic mass is 10.2. The predicted octanol–water partition coefficient (Wildman–Crippen LogP) is 3.95. The van der Waals surface area contributed by atoms with Crippen LogP contribution < -0.4 is 20.1 Å². The molecule has 0 spiro atoms. The molecule has 2 rings (SSSR count). The SMILES string of the molecule is CCCCCNc1ccnc(C(=O)Nc2ccc(OC)c(OC)c2)c1. The number of methoxy groups -OCH3 is 2. The van der Waals surface area contributed by atoms with Gasteiger partial charge in [-0.15, -0.1) is 0 Å². The summed E-state index contributed by atoms with van der Waals surface area (Å²) in [5.74, 6) is 0.890. The van der Waals surface area contributed by atoms with Gasteiger partial charge in [-0.25, -0.2) is 0 Å². The number of anilines is 2. The monoisotopic (exact) mass is 343 g/mol. The lowest BCUT2D eigenvalue weighted by molar-refractivity contribution is 0.102. The molecule has 1 aromatic heterocycles. The number of aromatic nitrogens is 1. The third-order valence-corrected chi connectivity index (χ3v) is 3.74. The molecule has 25 heavy (non-hydrogen) atoms. The van der Waals surface area contributed by atoms with Gasteiger partial charge < -0.3 is 20.1 Å². The summed E-state index contributed by atoms with van der Waals surface area (Å²) in [6.45, 7) is 3.05. The van der Waals surface area contributed by atoms with E-state index in [4.69, 9.17) is 9.47 Å². The molecule has 2 aromatic rings. The largest absolute Gasteiger partial charge is 0.493 e. The van der Waals surface area contributed by atoms with Gasteiger partial charge in [-0.3, -0.25) is 9.78 Å². The number of nitrogens with zero attached hydrogens (tertiary/aromatic N) is 1. The minimum absolute atomic E-state index is 0.274. The van der Waals surface area contributed by atoms with E-state index >= 15 is 0 Å². The van der Waals surface area contributed by atoms with Crippen molar-refractivity contribution in [2.45, 2.75) is 26.2 Å². The maximum atomic E-state index is 12.4. The third-order valence-electron chi connectivity index (χ3n) is 3.74. The summed E-state index contributed by atoms with van der Waals surface area (Å²) in [7, 11) is 3.12. The lowest BCUT2D eigenvalue weighted by Gasteiger charge is -2.11. The Hall–Kier alpha value is -2.76. The van der Waals surface area contributed by atoms with E-state index in [9.17, 15) is 4.79 Å². The van der Waals surface area contributed by atoms with Crippen LogP contribution >= 0.6 is 0 Å². The number of ether oxygens (including phenoxy) is 2. The van der Waals surface area contributed by atoms with Gasteiger partial charge in [-0.05, 0) is 30.7 Å². The molecule has 6 heteroatoms. The average Bonchev–Trinajstić information content (AvgIpc) is 2.65. The van der Waals surface area contributed by atoms with E-state index in [0.717, 1.165) is 18.7 Å². The van der Waals surface area contributed by atoms with Gasteiger partial charge in [-0.2, -0.15) is 0 Å². The van der Waals surface area contributed by atoms with E-state index in [1.54, 1.807) is 44.7 Å². The molecular weight excluding hydrogens is 318 g/mol. The van der Waals surface area contributed by atoms with E-state index < -0.39 is 0 Å². The molecule has 6 nitrogen and oxygen atoms in total. The molecule has 0 atom stereocenters. The fourth-order valence-electron chi connectivity index (χ4n) is 2.38. The van der Waals surface area contributed by atoms with Gasteiger partial charge in [0.2, 0.25) is 0 Å². The first-order chi connectivity index (χ1) is 12.2. The molecule has 2 N–H and O–H groups in total. The van der Waals surface area contributed by atoms with Gasteiger partial charge in [0.1, 0.15) is 5.69 Å². The quantitative estimate of drug-likeness (QED) is 0.675. The molecule has 0 aliphatic heterocycles. The van der Waals surface area contributed by atoms with Gasteiger partial charge in [0, 0.05) is 30.2 Å². The van der Waals surface area contributed by atoms with Crippen molar-refractivity contribution in [1.29, 1.82) is 0 Å². The number of carbonyl (C=O) groups excluding carboxylic acids is 1. The number of hydrogen-bond donors (Lipinski definition) is 2. The fourth-order valence-corrected chi connectivity index (χ4v) is 2.38. The molecule has 134 valence electrons. The second-order valence-electron chi connectivity index (χ2n) is 5.59. The fraction of sp³-hybridized carbons (Fsp3) is 0.368. The number of hydrogen-bond acceptors (Lipinski definition) is 5. The standard InChI is InChI=1S/C19H25N3O3/c1-4-5-6-10-20-14-9-11-21-16(12-14)19(23)22-15-7-8-17(24-2)18(13-15)25-3/h7-9,11-13H,4-6,10H2,1-3H3,(H,20,21)(H,22,23). The molecule has 0 aliphatic carbocycles. The summed E-state index contributed by atoms with van der Waals surface area (Å²) in [6.07, 6.45) is 5.10. The number of unbranched alkanes of at least 4 members (excludes halogenated alkanes) is 2. The number of pyridine rings is 1. The molecule has 0 saturated heterocycles. The number of carbonyl (C=O) groups is 1. The smallest absolute Gasteiger partial charge is 0.274 e. The van der Waals surface area contributed by atoms with E-state index in [2.05, 4.69) is 22.5 Å². The molecule has 1 aromatic carbocycles. The van der Waals surface area contributed by atoms with Crippen molar-refractivity contribution in [2.75, 3.05) is 31.4 Å². The van der Waals surface area contributed by atoms with Crippen LogP contribution in [-0.2, 0) is 0 Å². The van der Waals surface area contributed by atoms with E-state index in [-0.39, 0.29) is 5.91 Å². The van der Waals surface area contributed by atoms with Crippen molar-refractivity contribution in [3.05, 3.63) is 42.2 Å². The zero-order valence-corrected chi connectivity index (χ0v) is 15.0. The van der Waals surface area contributed by atoms with Crippen molar-refractivity contribution < 1.29 is 14.3 Å². The van der Waals surface area contributed by atoms with Crippen molar-refractivity contribution >= 4 is 17.3 Å². The highest BCUT2D eigenvalue weighted by Gasteiger charge is 2.11. The highest BCUT2D eigenvalue weighted by molar-refractivity contribution is 6.03. The number of nitrogens with one attached hydrogen (secondary N) is 2. The molecular formula is C19H25N3O3. The van der Waals surface area contributed by atoms with E-state index in [1.807, 2.05) is 6.07 Å². The second kappa shape index (κ2) is 9.52. The first kappa shape index (κ1) is 18.6. The highest BCUT2D eigenvalue weighted by atomic mass is 16.5. The summed E-state index contributed by atoms with van der Waals surface area (Å²) in [6, 6.07) is 8.82. The number of rotatable bonds is 9. The van der Waals surface area contributed by atoms with Crippen molar-refractivity contribution in [3.8, 4) is 11.5 Å². The van der Waals surface area contributed by atoms with Gasteiger partial charge in [0.15, 0.2) is 11.5 Å². The van der Waals surface area contributed by atoms with E-state index in [1.165, 1.54) is 12.8 Å². The van der Waals surface area contributed by atoms with Crippen molar-refractivity contribution in [1.82, 2.24) is 4.98 Å². The van der Waals surface area contributed by atoms with Crippen LogP contribution in [-0.4, -0.2) is 31.7 Å². The van der Waals surface area contributed by atoms with Gasteiger partial charge in [0.25, 0.3) is 5.91 Å². The molecule has 0 radical (unpaired) electrons. The van der Waals surface area contributed by atoms with Gasteiger partial charge in [-0.1, -0.05) is 19.8 Å². The lowest BCUT2D eigenvalue weighted by Crippen LogP contribution is -2.14. The molecule has 0 saturated carbocycles. The average molecular weight is 343 g/mol. The Balaban J connectivity index is 2.03. The van der Waals surface area contributed by atoms with Crippen LogP contribution in [0.5, 0.6) is 11.5 Å². The summed E-state index contributed by atoms with van der Waals surface area (Å²) in [5.41, 5.74) is 1.87. The Morgan fingerprint density at radius 2 is 1.84 bits per heavy atom. The maximum absolute atomic E-state index is 12.4. The molecule has 0 aliphatic rings. The maximum Gasteiger partial charge on any atom is 0.274 e. The number of benzene rings is 1. The molecule has 1 heterocycles.